The molecular formula is C36H30N3+. The van der Waals surface area contributed by atoms with E-state index in [1.807, 2.05) is 0 Å². The van der Waals surface area contributed by atoms with Crippen molar-refractivity contribution >= 4 is 21.8 Å². The maximum Gasteiger partial charge on any atom is 0.293 e. The fraction of sp³-hybridized carbons (Fsp3) is 0.0833. The molecule has 0 aliphatic heterocycles. The standard InChI is InChI=1S/C36H30N3/c1-25-22-29(23-26(2)35(25)38-21-20-37(3)36(38)27-12-6-4-7-13-27)28-18-19-34-32(24-28)31-16-10-11-17-33(31)39(34)30-14-8-5-9-15-30/h4-24H,1-3H3/q+1. The topological polar surface area (TPSA) is 13.7 Å². The van der Waals surface area contributed by atoms with E-state index in [4.69, 9.17) is 0 Å². The van der Waals surface area contributed by atoms with E-state index in [0.717, 1.165) is 0 Å². The van der Waals surface area contributed by atoms with E-state index in [2.05, 4.69) is 162 Å². The molecule has 2 heterocycles. The predicted octanol–water partition coefficient (Wildman–Crippen LogP) is 8.35. The van der Waals surface area contributed by atoms with E-state index in [9.17, 15) is 0 Å². The van der Waals surface area contributed by atoms with Crippen LogP contribution in [0.3, 0.4) is 0 Å². The monoisotopic (exact) mass is 504 g/mol. The zero-order valence-electron chi connectivity index (χ0n) is 22.5. The van der Waals surface area contributed by atoms with Crippen molar-refractivity contribution in [2.24, 2.45) is 7.05 Å². The van der Waals surface area contributed by atoms with Gasteiger partial charge in [-0.05, 0) is 90.7 Å². The number of para-hydroxylation sites is 2. The number of nitrogens with zero attached hydrogens (tertiary/aromatic N) is 3. The number of hydrogen-bond donors (Lipinski definition) is 0. The lowest BCUT2D eigenvalue weighted by molar-refractivity contribution is -0.659. The van der Waals surface area contributed by atoms with Crippen LogP contribution in [0.1, 0.15) is 11.1 Å². The minimum Gasteiger partial charge on any atom is -0.309 e. The van der Waals surface area contributed by atoms with Crippen LogP contribution in [0.15, 0.2) is 128 Å². The van der Waals surface area contributed by atoms with E-state index in [1.165, 1.54) is 66.8 Å². The Bertz CT molecular complexity index is 1950. The van der Waals surface area contributed by atoms with Crippen molar-refractivity contribution < 1.29 is 4.57 Å². The Morgan fingerprint density at radius 3 is 1.95 bits per heavy atom. The Morgan fingerprint density at radius 1 is 0.564 bits per heavy atom. The second kappa shape index (κ2) is 9.14. The second-order valence-corrected chi connectivity index (χ2v) is 10.3. The van der Waals surface area contributed by atoms with Gasteiger partial charge in [-0.15, -0.1) is 0 Å². The molecular weight excluding hydrogens is 474 g/mol. The van der Waals surface area contributed by atoms with Gasteiger partial charge in [0.05, 0.1) is 23.6 Å². The van der Waals surface area contributed by atoms with Gasteiger partial charge < -0.3 is 4.57 Å². The Kier molecular flexibility index (Phi) is 5.45. The molecule has 3 nitrogen and oxygen atoms in total. The molecule has 0 unspecified atom stereocenters. The summed E-state index contributed by atoms with van der Waals surface area (Å²) in [6.45, 7) is 4.45. The van der Waals surface area contributed by atoms with Gasteiger partial charge in [0.1, 0.15) is 18.1 Å². The third kappa shape index (κ3) is 3.78. The molecule has 188 valence electrons. The van der Waals surface area contributed by atoms with Crippen molar-refractivity contribution in [3.63, 3.8) is 0 Å². The first-order chi connectivity index (χ1) is 19.1. The summed E-state index contributed by atoms with van der Waals surface area (Å²) >= 11 is 0. The van der Waals surface area contributed by atoms with Crippen LogP contribution in [0.2, 0.25) is 0 Å². The van der Waals surface area contributed by atoms with Crippen molar-refractivity contribution in [2.75, 3.05) is 0 Å². The molecule has 0 saturated heterocycles. The Labute approximate surface area is 228 Å². The molecule has 7 rings (SSSR count). The highest BCUT2D eigenvalue weighted by Crippen LogP contribution is 2.36. The van der Waals surface area contributed by atoms with Crippen LogP contribution in [0.5, 0.6) is 0 Å². The molecule has 0 fully saturated rings. The summed E-state index contributed by atoms with van der Waals surface area (Å²) < 4.78 is 6.88. The molecule has 39 heavy (non-hydrogen) atoms. The summed E-state index contributed by atoms with van der Waals surface area (Å²) in [5.74, 6) is 1.17. The lowest BCUT2D eigenvalue weighted by Crippen LogP contribution is -2.29. The van der Waals surface area contributed by atoms with Crippen LogP contribution in [0.25, 0.3) is 55.7 Å². The normalized spacial score (nSPS) is 11.5. The predicted molar refractivity (Wildman–Crippen MR) is 162 cm³/mol. The summed E-state index contributed by atoms with van der Waals surface area (Å²) in [4.78, 5) is 0. The van der Waals surface area contributed by atoms with Crippen LogP contribution in [0.4, 0.5) is 0 Å². The molecule has 0 spiro atoms. The number of imidazole rings is 1. The first-order valence-electron chi connectivity index (χ1n) is 13.4. The number of benzene rings is 5. The lowest BCUT2D eigenvalue weighted by Gasteiger charge is -2.13. The van der Waals surface area contributed by atoms with Gasteiger partial charge in [-0.3, -0.25) is 0 Å². The molecule has 0 aliphatic rings. The highest BCUT2D eigenvalue weighted by molar-refractivity contribution is 6.10. The van der Waals surface area contributed by atoms with Crippen molar-refractivity contribution in [1.82, 2.24) is 9.13 Å². The number of fused-ring (bicyclic) bond motifs is 3. The quantitative estimate of drug-likeness (QED) is 0.214. The maximum absolute atomic E-state index is 2.37. The first-order valence-corrected chi connectivity index (χ1v) is 13.4. The maximum atomic E-state index is 2.37. The fourth-order valence-electron chi connectivity index (χ4n) is 6.10. The first kappa shape index (κ1) is 23.2. The zero-order chi connectivity index (χ0) is 26.5. The summed E-state index contributed by atoms with van der Waals surface area (Å²) in [5, 5.41) is 2.55. The van der Waals surface area contributed by atoms with Gasteiger partial charge in [0.25, 0.3) is 5.82 Å². The van der Waals surface area contributed by atoms with Gasteiger partial charge in [0.2, 0.25) is 0 Å². The van der Waals surface area contributed by atoms with Crippen molar-refractivity contribution in [3.05, 3.63) is 139 Å². The largest absolute Gasteiger partial charge is 0.309 e. The number of rotatable bonds is 4. The Balaban J connectivity index is 1.38. The molecule has 7 aromatic rings. The van der Waals surface area contributed by atoms with Gasteiger partial charge in [0, 0.05) is 16.5 Å². The van der Waals surface area contributed by atoms with Gasteiger partial charge in [-0.2, -0.15) is 4.57 Å². The minimum atomic E-state index is 1.17. The average Bonchev–Trinajstić information content (AvgIpc) is 3.51. The molecule has 0 saturated carbocycles. The van der Waals surface area contributed by atoms with Gasteiger partial charge in [-0.25, -0.2) is 4.57 Å². The summed E-state index contributed by atoms with van der Waals surface area (Å²) in [7, 11) is 2.11. The summed E-state index contributed by atoms with van der Waals surface area (Å²) in [6.07, 6.45) is 4.30. The van der Waals surface area contributed by atoms with E-state index in [1.54, 1.807) is 0 Å². The highest BCUT2D eigenvalue weighted by Gasteiger charge is 2.22. The van der Waals surface area contributed by atoms with E-state index in [0.29, 0.717) is 0 Å². The van der Waals surface area contributed by atoms with Crippen LogP contribution in [0, 0.1) is 13.8 Å². The minimum absolute atomic E-state index is 1.17. The third-order valence-corrected chi connectivity index (χ3v) is 7.79. The van der Waals surface area contributed by atoms with Gasteiger partial charge >= 0.3 is 0 Å². The number of hydrogen-bond acceptors (Lipinski definition) is 0. The smallest absolute Gasteiger partial charge is 0.293 e. The van der Waals surface area contributed by atoms with Crippen LogP contribution >= 0.6 is 0 Å². The molecule has 0 atom stereocenters. The summed E-state index contributed by atoms with van der Waals surface area (Å²) in [5.41, 5.74) is 11.1. The second-order valence-electron chi connectivity index (χ2n) is 10.3. The molecule has 0 aliphatic carbocycles. The van der Waals surface area contributed by atoms with Crippen molar-refractivity contribution in [1.29, 1.82) is 0 Å². The molecule has 0 amide bonds. The van der Waals surface area contributed by atoms with E-state index < -0.39 is 0 Å². The van der Waals surface area contributed by atoms with Gasteiger partial charge in [0.15, 0.2) is 0 Å². The fourth-order valence-corrected chi connectivity index (χ4v) is 6.10. The molecule has 0 radical (unpaired) electrons. The molecule has 5 aromatic carbocycles. The lowest BCUT2D eigenvalue weighted by atomic mass is 9.97. The number of aryl methyl sites for hydroxylation is 3. The van der Waals surface area contributed by atoms with Crippen molar-refractivity contribution in [3.8, 4) is 33.9 Å². The average molecular weight is 505 g/mol. The molecule has 0 bridgehead atoms. The molecule has 3 heteroatoms. The highest BCUT2D eigenvalue weighted by atomic mass is 15.1. The van der Waals surface area contributed by atoms with E-state index >= 15 is 0 Å². The Hall–Kier alpha value is -4.89. The van der Waals surface area contributed by atoms with Crippen molar-refractivity contribution in [2.45, 2.75) is 13.8 Å². The number of aromatic nitrogens is 3. The van der Waals surface area contributed by atoms with E-state index in [-0.39, 0.29) is 0 Å². The zero-order valence-corrected chi connectivity index (χ0v) is 22.5. The molecule has 2 aromatic heterocycles. The van der Waals surface area contributed by atoms with Crippen LogP contribution < -0.4 is 4.57 Å². The SMILES string of the molecule is Cc1cc(-c2ccc3c(c2)c2ccccc2n3-c2ccccc2)cc(C)c1-n1cc[n+](C)c1-c1ccccc1. The van der Waals surface area contributed by atoms with Gasteiger partial charge in [-0.1, -0.05) is 60.7 Å². The Morgan fingerprint density at radius 2 is 1.21 bits per heavy atom. The summed E-state index contributed by atoms with van der Waals surface area (Å²) in [6, 6.07) is 41.5. The molecule has 0 N–H and O–H groups in total. The van der Waals surface area contributed by atoms with Crippen LogP contribution in [-0.4, -0.2) is 9.13 Å². The third-order valence-electron chi connectivity index (χ3n) is 7.79. The van der Waals surface area contributed by atoms with Crippen LogP contribution in [-0.2, 0) is 7.05 Å².